The molecule has 0 saturated carbocycles. The summed E-state index contributed by atoms with van der Waals surface area (Å²) >= 11 is 6.06. The normalized spacial score (nSPS) is 10.4. The number of carbonyl (C=O) groups is 1. The smallest absolute Gasteiger partial charge is 0.319 e. The zero-order valence-corrected chi connectivity index (χ0v) is 16.7. The highest BCUT2D eigenvalue weighted by Crippen LogP contribution is 2.35. The summed E-state index contributed by atoms with van der Waals surface area (Å²) in [6.45, 7) is 4.97. The molecule has 0 aromatic heterocycles. The lowest BCUT2D eigenvalue weighted by Crippen LogP contribution is -2.32. The van der Waals surface area contributed by atoms with Gasteiger partial charge in [0.2, 0.25) is 0 Å². The fourth-order valence-corrected chi connectivity index (χ4v) is 2.65. The number of ether oxygens (including phenoxy) is 3. The van der Waals surface area contributed by atoms with Crippen molar-refractivity contribution in [3.8, 4) is 17.2 Å². The van der Waals surface area contributed by atoms with Crippen molar-refractivity contribution in [1.82, 2.24) is 5.32 Å². The maximum atomic E-state index is 12.1. The van der Waals surface area contributed by atoms with Crippen molar-refractivity contribution < 1.29 is 19.0 Å². The van der Waals surface area contributed by atoms with Gasteiger partial charge < -0.3 is 24.8 Å². The van der Waals surface area contributed by atoms with E-state index in [-0.39, 0.29) is 6.03 Å². The van der Waals surface area contributed by atoms with E-state index in [0.29, 0.717) is 41.3 Å². The van der Waals surface area contributed by atoms with Crippen molar-refractivity contribution in [2.75, 3.05) is 32.7 Å². The van der Waals surface area contributed by atoms with Crippen molar-refractivity contribution in [2.45, 2.75) is 19.8 Å². The van der Waals surface area contributed by atoms with Crippen LogP contribution in [-0.4, -0.2) is 33.4 Å². The zero-order chi connectivity index (χ0) is 19.8. The first kappa shape index (κ1) is 20.7. The van der Waals surface area contributed by atoms with Crippen molar-refractivity contribution in [3.05, 3.63) is 47.0 Å². The van der Waals surface area contributed by atoms with E-state index in [1.165, 1.54) is 19.8 Å². The number of hydrogen-bond donors (Lipinski definition) is 2. The molecular formula is C20H25ClN2O4. The first-order valence-electron chi connectivity index (χ1n) is 8.63. The molecule has 7 heteroatoms. The van der Waals surface area contributed by atoms with Crippen LogP contribution in [0.25, 0.3) is 0 Å². The fraction of sp³-hybridized carbons (Fsp3) is 0.350. The van der Waals surface area contributed by atoms with E-state index in [1.54, 1.807) is 12.1 Å². The molecule has 146 valence electrons. The molecule has 0 saturated heterocycles. The second-order valence-electron chi connectivity index (χ2n) is 6.14. The van der Waals surface area contributed by atoms with Crippen LogP contribution in [0, 0.1) is 0 Å². The third-order valence-corrected chi connectivity index (χ3v) is 4.20. The monoisotopic (exact) mass is 392 g/mol. The number of hydrogen-bond acceptors (Lipinski definition) is 4. The number of nitrogens with one attached hydrogen (secondary N) is 2. The van der Waals surface area contributed by atoms with E-state index >= 15 is 0 Å². The number of urea groups is 1. The molecular weight excluding hydrogens is 368 g/mol. The van der Waals surface area contributed by atoms with Gasteiger partial charge in [-0.3, -0.25) is 0 Å². The molecule has 0 bridgehead atoms. The zero-order valence-electron chi connectivity index (χ0n) is 16.0. The average molecular weight is 393 g/mol. The van der Waals surface area contributed by atoms with Gasteiger partial charge in [0.05, 0.1) is 31.5 Å². The number of methoxy groups -OCH3 is 2. The van der Waals surface area contributed by atoms with Gasteiger partial charge in [-0.25, -0.2) is 4.79 Å². The van der Waals surface area contributed by atoms with Crippen molar-refractivity contribution in [1.29, 1.82) is 0 Å². The molecule has 0 aliphatic heterocycles. The minimum absolute atomic E-state index is 0.352. The lowest BCUT2D eigenvalue weighted by molar-refractivity contribution is 0.247. The average Bonchev–Trinajstić information content (AvgIpc) is 2.66. The van der Waals surface area contributed by atoms with Crippen LogP contribution in [0.4, 0.5) is 10.5 Å². The van der Waals surface area contributed by atoms with Gasteiger partial charge in [0.15, 0.2) is 0 Å². The maximum absolute atomic E-state index is 12.1. The van der Waals surface area contributed by atoms with E-state index < -0.39 is 0 Å². The molecule has 0 atom stereocenters. The highest BCUT2D eigenvalue weighted by Gasteiger charge is 2.12. The summed E-state index contributed by atoms with van der Waals surface area (Å²) in [5, 5.41) is 5.85. The number of benzene rings is 2. The second-order valence-corrected chi connectivity index (χ2v) is 6.55. The highest BCUT2D eigenvalue weighted by molar-refractivity contribution is 6.32. The van der Waals surface area contributed by atoms with Crippen molar-refractivity contribution in [3.63, 3.8) is 0 Å². The van der Waals surface area contributed by atoms with Crippen LogP contribution in [0.3, 0.4) is 0 Å². The molecule has 2 amide bonds. The summed E-state index contributed by atoms with van der Waals surface area (Å²) in [6.07, 6.45) is 0. The van der Waals surface area contributed by atoms with Crippen LogP contribution >= 0.6 is 11.6 Å². The number of rotatable bonds is 8. The van der Waals surface area contributed by atoms with Crippen molar-refractivity contribution in [2.24, 2.45) is 0 Å². The van der Waals surface area contributed by atoms with Gasteiger partial charge in [0, 0.05) is 12.1 Å². The SMILES string of the molecule is COc1cc(NC(=O)NCCOc2cccc(C(C)C)c2)c(OC)cc1Cl. The molecule has 0 aliphatic rings. The molecule has 0 spiro atoms. The minimum Gasteiger partial charge on any atom is -0.495 e. The quantitative estimate of drug-likeness (QED) is 0.640. The molecule has 6 nitrogen and oxygen atoms in total. The molecule has 0 radical (unpaired) electrons. The largest absolute Gasteiger partial charge is 0.495 e. The molecule has 2 aromatic carbocycles. The summed E-state index contributed by atoms with van der Waals surface area (Å²) in [5.41, 5.74) is 1.67. The predicted octanol–water partition coefficient (Wildman–Crippen LogP) is 4.68. The van der Waals surface area contributed by atoms with Gasteiger partial charge in [-0.05, 0) is 23.6 Å². The Bertz CT molecular complexity index is 781. The van der Waals surface area contributed by atoms with Gasteiger partial charge in [-0.15, -0.1) is 0 Å². The third-order valence-electron chi connectivity index (χ3n) is 3.90. The van der Waals surface area contributed by atoms with Crippen molar-refractivity contribution >= 4 is 23.3 Å². The van der Waals surface area contributed by atoms with Gasteiger partial charge in [-0.1, -0.05) is 37.6 Å². The predicted molar refractivity (Wildman–Crippen MR) is 108 cm³/mol. The highest BCUT2D eigenvalue weighted by atomic mass is 35.5. The van der Waals surface area contributed by atoms with E-state index in [2.05, 4.69) is 30.5 Å². The summed E-state index contributed by atoms with van der Waals surface area (Å²) < 4.78 is 16.1. The molecule has 0 aliphatic carbocycles. The number of anilines is 1. The van der Waals surface area contributed by atoms with Crippen LogP contribution in [0.15, 0.2) is 36.4 Å². The number of halogens is 1. The van der Waals surface area contributed by atoms with Gasteiger partial charge >= 0.3 is 6.03 Å². The third kappa shape index (κ3) is 5.96. The Balaban J connectivity index is 1.85. The van der Waals surface area contributed by atoms with Crippen LogP contribution in [-0.2, 0) is 0 Å². The Morgan fingerprint density at radius 2 is 1.85 bits per heavy atom. The number of carbonyl (C=O) groups excluding carboxylic acids is 1. The second kappa shape index (κ2) is 9.92. The molecule has 2 N–H and O–H groups in total. The lowest BCUT2D eigenvalue weighted by atomic mass is 10.0. The molecule has 0 heterocycles. The molecule has 0 unspecified atom stereocenters. The summed E-state index contributed by atoms with van der Waals surface area (Å²) in [7, 11) is 3.00. The Morgan fingerprint density at radius 3 is 2.52 bits per heavy atom. The minimum atomic E-state index is -0.378. The molecule has 2 aromatic rings. The Labute approximate surface area is 164 Å². The van der Waals surface area contributed by atoms with Gasteiger partial charge in [-0.2, -0.15) is 0 Å². The summed E-state index contributed by atoms with van der Waals surface area (Å²) in [5.74, 6) is 2.11. The van der Waals surface area contributed by atoms with Crippen LogP contribution in [0.5, 0.6) is 17.2 Å². The van der Waals surface area contributed by atoms with E-state index in [4.69, 9.17) is 25.8 Å². The topological polar surface area (TPSA) is 68.8 Å². The number of amides is 2. The van der Waals surface area contributed by atoms with Gasteiger partial charge in [0.25, 0.3) is 0 Å². The van der Waals surface area contributed by atoms with Crippen LogP contribution in [0.1, 0.15) is 25.3 Å². The Hall–Kier alpha value is -2.60. The maximum Gasteiger partial charge on any atom is 0.319 e. The lowest BCUT2D eigenvalue weighted by Gasteiger charge is -2.14. The molecule has 0 fully saturated rings. The van der Waals surface area contributed by atoms with E-state index in [9.17, 15) is 4.79 Å². The first-order chi connectivity index (χ1) is 12.9. The Morgan fingerprint density at radius 1 is 1.11 bits per heavy atom. The van der Waals surface area contributed by atoms with Crippen LogP contribution < -0.4 is 24.8 Å². The van der Waals surface area contributed by atoms with Gasteiger partial charge in [0.1, 0.15) is 23.9 Å². The molecule has 27 heavy (non-hydrogen) atoms. The standard InChI is InChI=1S/C20H25ClN2O4/c1-13(2)14-6-5-7-15(10-14)27-9-8-22-20(24)23-17-12-18(25-3)16(21)11-19(17)26-4/h5-7,10-13H,8-9H2,1-4H3,(H2,22,23,24). The Kier molecular flexibility index (Phi) is 7.61. The fourth-order valence-electron chi connectivity index (χ4n) is 2.42. The van der Waals surface area contributed by atoms with Crippen LogP contribution in [0.2, 0.25) is 5.02 Å². The van der Waals surface area contributed by atoms with E-state index in [0.717, 1.165) is 5.75 Å². The molecule has 2 rings (SSSR count). The van der Waals surface area contributed by atoms with E-state index in [1.807, 2.05) is 18.2 Å². The first-order valence-corrected chi connectivity index (χ1v) is 9.01. The summed E-state index contributed by atoms with van der Waals surface area (Å²) in [4.78, 5) is 12.1. The summed E-state index contributed by atoms with van der Waals surface area (Å²) in [6, 6.07) is 10.8.